The Bertz CT molecular complexity index is 518. The molecule has 1 aromatic rings. The Morgan fingerprint density at radius 3 is 2.79 bits per heavy atom. The number of nitrogens with one attached hydrogen (secondary N) is 1. The van der Waals surface area contributed by atoms with Crippen LogP contribution in [0, 0.1) is 0 Å². The highest BCUT2D eigenvalue weighted by Crippen LogP contribution is 2.13. The van der Waals surface area contributed by atoms with Crippen molar-refractivity contribution in [3.05, 3.63) is 23.5 Å². The second kappa shape index (κ2) is 6.62. The number of hydrogen-bond donors (Lipinski definition) is 1. The van der Waals surface area contributed by atoms with Crippen LogP contribution in [0.1, 0.15) is 0 Å². The molecule has 19 heavy (non-hydrogen) atoms. The van der Waals surface area contributed by atoms with Crippen LogP contribution in [0.25, 0.3) is 0 Å². The van der Waals surface area contributed by atoms with E-state index in [0.29, 0.717) is 31.3 Å². The predicted molar refractivity (Wildman–Crippen MR) is 71.7 cm³/mol. The van der Waals surface area contributed by atoms with E-state index in [1.807, 2.05) is 0 Å². The molecular weight excluding hydrogens is 290 g/mol. The highest BCUT2D eigenvalue weighted by atomic mass is 35.5. The lowest BCUT2D eigenvalue weighted by molar-refractivity contribution is 0.0390. The SMILES string of the molecule is O=S(=O)(NCCN1CCOCC1)c1cncc(Cl)c1. The zero-order chi connectivity index (χ0) is 13.7. The van der Waals surface area contributed by atoms with Gasteiger partial charge in [-0.1, -0.05) is 11.6 Å². The summed E-state index contributed by atoms with van der Waals surface area (Å²) in [5.74, 6) is 0. The van der Waals surface area contributed by atoms with E-state index in [1.54, 1.807) is 0 Å². The van der Waals surface area contributed by atoms with Gasteiger partial charge in [0.2, 0.25) is 10.0 Å². The molecule has 0 spiro atoms. The highest BCUT2D eigenvalue weighted by Gasteiger charge is 2.16. The summed E-state index contributed by atoms with van der Waals surface area (Å²) in [6.07, 6.45) is 2.68. The second-order valence-electron chi connectivity index (χ2n) is 4.19. The molecule has 2 heterocycles. The van der Waals surface area contributed by atoms with Gasteiger partial charge in [0, 0.05) is 38.6 Å². The van der Waals surface area contributed by atoms with E-state index in [9.17, 15) is 8.42 Å². The van der Waals surface area contributed by atoms with E-state index in [0.717, 1.165) is 13.1 Å². The maximum absolute atomic E-state index is 12.0. The smallest absolute Gasteiger partial charge is 0.242 e. The first kappa shape index (κ1) is 14.7. The average Bonchev–Trinajstić information content (AvgIpc) is 2.40. The third kappa shape index (κ3) is 4.39. The van der Waals surface area contributed by atoms with Gasteiger partial charge in [0.25, 0.3) is 0 Å². The first-order valence-electron chi connectivity index (χ1n) is 5.98. The van der Waals surface area contributed by atoms with Crippen molar-refractivity contribution >= 4 is 21.6 Å². The maximum Gasteiger partial charge on any atom is 0.242 e. The van der Waals surface area contributed by atoms with Crippen LogP contribution in [0.15, 0.2) is 23.4 Å². The molecule has 1 aromatic heterocycles. The van der Waals surface area contributed by atoms with Crippen LogP contribution in [0.5, 0.6) is 0 Å². The average molecular weight is 306 g/mol. The van der Waals surface area contributed by atoms with Crippen LogP contribution in [0.2, 0.25) is 5.02 Å². The number of halogens is 1. The Balaban J connectivity index is 1.87. The number of hydrogen-bond acceptors (Lipinski definition) is 5. The fraction of sp³-hybridized carbons (Fsp3) is 0.545. The largest absolute Gasteiger partial charge is 0.379 e. The molecule has 0 unspecified atom stereocenters. The summed E-state index contributed by atoms with van der Waals surface area (Å²) in [6, 6.07) is 1.38. The van der Waals surface area contributed by atoms with Crippen LogP contribution in [0.3, 0.4) is 0 Å². The van der Waals surface area contributed by atoms with E-state index in [-0.39, 0.29) is 4.90 Å². The molecule has 0 radical (unpaired) electrons. The minimum Gasteiger partial charge on any atom is -0.379 e. The zero-order valence-electron chi connectivity index (χ0n) is 10.4. The Morgan fingerprint density at radius 1 is 1.37 bits per heavy atom. The third-order valence-corrected chi connectivity index (χ3v) is 4.45. The number of ether oxygens (including phenoxy) is 1. The van der Waals surface area contributed by atoms with Gasteiger partial charge in [-0.05, 0) is 6.07 Å². The van der Waals surface area contributed by atoms with Gasteiger partial charge in [-0.25, -0.2) is 13.1 Å². The lowest BCUT2D eigenvalue weighted by atomic mass is 10.4. The van der Waals surface area contributed by atoms with E-state index < -0.39 is 10.0 Å². The lowest BCUT2D eigenvalue weighted by Gasteiger charge is -2.26. The van der Waals surface area contributed by atoms with Gasteiger partial charge < -0.3 is 4.74 Å². The third-order valence-electron chi connectivity index (χ3n) is 2.81. The molecule has 1 fully saturated rings. The van der Waals surface area contributed by atoms with E-state index in [2.05, 4.69) is 14.6 Å². The van der Waals surface area contributed by atoms with Crippen LogP contribution in [0.4, 0.5) is 0 Å². The number of pyridine rings is 1. The van der Waals surface area contributed by atoms with Gasteiger partial charge in [0.1, 0.15) is 4.90 Å². The molecule has 1 N–H and O–H groups in total. The van der Waals surface area contributed by atoms with Gasteiger partial charge in [-0.15, -0.1) is 0 Å². The van der Waals surface area contributed by atoms with Crippen molar-refractivity contribution < 1.29 is 13.2 Å². The van der Waals surface area contributed by atoms with Gasteiger partial charge in [-0.2, -0.15) is 0 Å². The molecular formula is C11H16ClN3O3S. The van der Waals surface area contributed by atoms with Crippen molar-refractivity contribution in [1.82, 2.24) is 14.6 Å². The first-order chi connectivity index (χ1) is 9.08. The summed E-state index contributed by atoms with van der Waals surface area (Å²) < 4.78 is 31.7. The summed E-state index contributed by atoms with van der Waals surface area (Å²) in [7, 11) is -3.54. The monoisotopic (exact) mass is 305 g/mol. The molecule has 106 valence electrons. The Kier molecular flexibility index (Phi) is 5.12. The van der Waals surface area contributed by atoms with Crippen molar-refractivity contribution in [2.24, 2.45) is 0 Å². The van der Waals surface area contributed by atoms with Crippen LogP contribution < -0.4 is 4.72 Å². The lowest BCUT2D eigenvalue weighted by Crippen LogP contribution is -2.41. The minimum atomic E-state index is -3.54. The molecule has 1 aliphatic rings. The first-order valence-corrected chi connectivity index (χ1v) is 7.84. The Hall–Kier alpha value is -0.730. The summed E-state index contributed by atoms with van der Waals surface area (Å²) in [5.41, 5.74) is 0. The summed E-state index contributed by atoms with van der Waals surface area (Å²) in [4.78, 5) is 6.01. The van der Waals surface area contributed by atoms with Crippen molar-refractivity contribution in [2.45, 2.75) is 4.90 Å². The van der Waals surface area contributed by atoms with E-state index in [4.69, 9.17) is 16.3 Å². The molecule has 1 saturated heterocycles. The number of nitrogens with zero attached hydrogens (tertiary/aromatic N) is 2. The molecule has 0 bridgehead atoms. The summed E-state index contributed by atoms with van der Waals surface area (Å²) in [5, 5.41) is 0.302. The zero-order valence-corrected chi connectivity index (χ0v) is 12.0. The number of aromatic nitrogens is 1. The molecule has 0 saturated carbocycles. The van der Waals surface area contributed by atoms with Crippen molar-refractivity contribution in [2.75, 3.05) is 39.4 Å². The summed E-state index contributed by atoms with van der Waals surface area (Å²) in [6.45, 7) is 4.09. The molecule has 6 nitrogen and oxygen atoms in total. The van der Waals surface area contributed by atoms with E-state index >= 15 is 0 Å². The van der Waals surface area contributed by atoms with Gasteiger partial charge in [0.05, 0.1) is 18.2 Å². The normalized spacial score (nSPS) is 17.5. The summed E-state index contributed by atoms with van der Waals surface area (Å²) >= 11 is 5.73. The minimum absolute atomic E-state index is 0.0852. The van der Waals surface area contributed by atoms with Gasteiger partial charge in [0.15, 0.2) is 0 Å². The molecule has 0 atom stereocenters. The van der Waals surface area contributed by atoms with E-state index in [1.165, 1.54) is 18.5 Å². The highest BCUT2D eigenvalue weighted by molar-refractivity contribution is 7.89. The quantitative estimate of drug-likeness (QED) is 0.850. The molecule has 8 heteroatoms. The fourth-order valence-corrected chi connectivity index (χ4v) is 3.03. The molecule has 0 aliphatic carbocycles. The molecule has 0 amide bonds. The number of morpholine rings is 1. The van der Waals surface area contributed by atoms with Crippen molar-refractivity contribution in [3.8, 4) is 0 Å². The Labute approximate surface area is 117 Å². The molecule has 0 aromatic carbocycles. The van der Waals surface area contributed by atoms with Crippen LogP contribution in [-0.2, 0) is 14.8 Å². The van der Waals surface area contributed by atoms with Gasteiger partial charge in [-0.3, -0.25) is 9.88 Å². The van der Waals surface area contributed by atoms with Crippen LogP contribution in [-0.4, -0.2) is 57.7 Å². The number of rotatable bonds is 5. The van der Waals surface area contributed by atoms with Crippen LogP contribution >= 0.6 is 11.6 Å². The van der Waals surface area contributed by atoms with Crippen molar-refractivity contribution in [1.29, 1.82) is 0 Å². The van der Waals surface area contributed by atoms with Crippen molar-refractivity contribution in [3.63, 3.8) is 0 Å². The maximum atomic E-state index is 12.0. The molecule has 1 aliphatic heterocycles. The topological polar surface area (TPSA) is 71.5 Å². The molecule has 2 rings (SSSR count). The number of sulfonamides is 1. The Morgan fingerprint density at radius 2 is 2.11 bits per heavy atom. The fourth-order valence-electron chi connectivity index (χ4n) is 1.79. The second-order valence-corrected chi connectivity index (χ2v) is 6.39. The predicted octanol–water partition coefficient (Wildman–Crippen LogP) is 0.345. The van der Waals surface area contributed by atoms with Gasteiger partial charge >= 0.3 is 0 Å². The standard InChI is InChI=1S/C11H16ClN3O3S/c12-10-7-11(9-13-8-10)19(16,17)14-1-2-15-3-5-18-6-4-15/h7-9,14H,1-6H2.